The summed E-state index contributed by atoms with van der Waals surface area (Å²) in [6, 6.07) is 1.79. The summed E-state index contributed by atoms with van der Waals surface area (Å²) in [7, 11) is -6.04. The summed E-state index contributed by atoms with van der Waals surface area (Å²) in [5, 5.41) is 19.0. The second-order valence-corrected chi connectivity index (χ2v) is 7.83. The minimum atomic E-state index is -6.04. The highest BCUT2D eigenvalue weighted by molar-refractivity contribution is 7.92. The van der Waals surface area contributed by atoms with Crippen molar-refractivity contribution in [1.82, 2.24) is 0 Å². The first kappa shape index (κ1) is 20.2. The molecule has 1 aliphatic carbocycles. The molecule has 1 heterocycles. The second kappa shape index (κ2) is 6.24. The number of aromatic nitrogens is 1. The second-order valence-electron chi connectivity index (χ2n) is 5.92. The highest BCUT2D eigenvalue weighted by Crippen LogP contribution is 2.51. The smallest absolute Gasteiger partial charge is 0.450 e. The lowest BCUT2D eigenvalue weighted by molar-refractivity contribution is -0.905. The maximum atomic E-state index is 14.0. The summed E-state index contributed by atoms with van der Waals surface area (Å²) in [5.41, 5.74) is -7.61. The molecule has 1 aromatic carbocycles. The number of hydrogen-bond acceptors (Lipinski definition) is 5. The zero-order valence-electron chi connectivity index (χ0n) is 13.4. The molecule has 3 rings (SSSR count). The molecule has 0 amide bonds. The van der Waals surface area contributed by atoms with Gasteiger partial charge in [-0.1, -0.05) is 0 Å². The standard InChI is InChI=1S/C15H10F6NO5S/c16-7-3-8(6-22(24)5-7)27-10-1-2-11(28(25,26)15(19,20)21)12-9(10)4-14(17,18)13(12)23/h1-3,5-6,13,23-24H,4H2/q+1/t13-/m0/s1. The number of hydrogen-bond donors (Lipinski definition) is 2. The molecular weight excluding hydrogens is 420 g/mol. The fraction of sp³-hybridized carbons (Fsp3) is 0.267. The average molecular weight is 430 g/mol. The third-order valence-corrected chi connectivity index (χ3v) is 5.52. The van der Waals surface area contributed by atoms with Gasteiger partial charge in [0.25, 0.3) is 28.2 Å². The van der Waals surface area contributed by atoms with Crippen LogP contribution in [0.4, 0.5) is 26.3 Å². The van der Waals surface area contributed by atoms with Gasteiger partial charge in [0.1, 0.15) is 11.9 Å². The summed E-state index contributed by atoms with van der Waals surface area (Å²) >= 11 is 0. The van der Waals surface area contributed by atoms with Crippen molar-refractivity contribution in [1.29, 1.82) is 0 Å². The van der Waals surface area contributed by atoms with E-state index in [2.05, 4.69) is 0 Å². The van der Waals surface area contributed by atoms with Crippen molar-refractivity contribution in [3.63, 3.8) is 0 Å². The van der Waals surface area contributed by atoms with Crippen molar-refractivity contribution in [2.45, 2.75) is 28.9 Å². The maximum Gasteiger partial charge on any atom is 0.501 e. The van der Waals surface area contributed by atoms with Crippen LogP contribution in [0.1, 0.15) is 17.2 Å². The van der Waals surface area contributed by atoms with Crippen molar-refractivity contribution < 1.29 is 54.5 Å². The number of ether oxygens (including phenoxy) is 1. The highest BCUT2D eigenvalue weighted by atomic mass is 32.2. The van der Waals surface area contributed by atoms with E-state index in [9.17, 15) is 45.1 Å². The van der Waals surface area contributed by atoms with E-state index in [-0.39, 0.29) is 4.73 Å². The molecule has 2 aromatic rings. The number of aliphatic hydroxyl groups is 1. The van der Waals surface area contributed by atoms with Crippen LogP contribution in [-0.4, -0.2) is 30.2 Å². The largest absolute Gasteiger partial charge is 0.501 e. The lowest BCUT2D eigenvalue weighted by Gasteiger charge is -2.17. The van der Waals surface area contributed by atoms with E-state index in [1.807, 2.05) is 0 Å². The van der Waals surface area contributed by atoms with Gasteiger partial charge in [-0.25, -0.2) is 21.6 Å². The summed E-state index contributed by atoms with van der Waals surface area (Å²) in [4.78, 5) is -1.52. The Bertz CT molecular complexity index is 1030. The van der Waals surface area contributed by atoms with Crippen LogP contribution in [0.15, 0.2) is 35.5 Å². The van der Waals surface area contributed by atoms with Gasteiger partial charge >= 0.3 is 5.51 Å². The van der Waals surface area contributed by atoms with Gasteiger partial charge in [-0.2, -0.15) is 13.2 Å². The maximum absolute atomic E-state index is 14.0. The molecule has 1 atom stereocenters. The molecular formula is C15H10F6NO5S+. The SMILES string of the molecule is O=S(=O)(c1ccc(Oc2cc(F)c[n+](O)c2)c2c1[C@H](O)C(F)(F)C2)C(F)(F)F. The predicted molar refractivity (Wildman–Crippen MR) is 77.1 cm³/mol. The number of halogens is 6. The van der Waals surface area contributed by atoms with Gasteiger partial charge in [-0.05, 0) is 12.1 Å². The number of rotatable bonds is 3. The van der Waals surface area contributed by atoms with Crippen molar-refractivity contribution >= 4 is 9.84 Å². The third-order valence-electron chi connectivity index (χ3n) is 3.98. The first-order chi connectivity index (χ1) is 12.7. The van der Waals surface area contributed by atoms with Crippen molar-refractivity contribution in [3.8, 4) is 11.5 Å². The van der Waals surface area contributed by atoms with Crippen LogP contribution in [0.5, 0.6) is 11.5 Å². The van der Waals surface area contributed by atoms with E-state index in [1.54, 1.807) is 0 Å². The zero-order valence-corrected chi connectivity index (χ0v) is 14.2. The Morgan fingerprint density at radius 3 is 2.43 bits per heavy atom. The number of pyridine rings is 1. The Labute approximate surface area is 153 Å². The van der Waals surface area contributed by atoms with E-state index in [4.69, 9.17) is 4.74 Å². The molecule has 0 radical (unpaired) electrons. The first-order valence-electron chi connectivity index (χ1n) is 7.36. The normalized spacial score (nSPS) is 18.8. The molecule has 0 aliphatic heterocycles. The predicted octanol–water partition coefficient (Wildman–Crippen LogP) is 2.66. The molecule has 13 heteroatoms. The van der Waals surface area contributed by atoms with E-state index in [1.165, 1.54) is 0 Å². The minimum absolute atomic E-state index is 0.247. The van der Waals surface area contributed by atoms with Gasteiger partial charge in [0.15, 0.2) is 11.6 Å². The molecule has 28 heavy (non-hydrogen) atoms. The van der Waals surface area contributed by atoms with Crippen molar-refractivity contribution in [2.75, 3.05) is 0 Å². The van der Waals surface area contributed by atoms with Gasteiger partial charge in [0.2, 0.25) is 0 Å². The number of sulfone groups is 1. The summed E-state index contributed by atoms with van der Waals surface area (Å²) in [6.07, 6.45) is -2.68. The number of alkyl halides is 5. The number of fused-ring (bicyclic) bond motifs is 1. The van der Waals surface area contributed by atoms with Crippen molar-refractivity contribution in [3.05, 3.63) is 47.5 Å². The van der Waals surface area contributed by atoms with E-state index in [0.29, 0.717) is 18.3 Å². The van der Waals surface area contributed by atoms with Crippen molar-refractivity contribution in [2.24, 2.45) is 0 Å². The molecule has 6 nitrogen and oxygen atoms in total. The Morgan fingerprint density at radius 2 is 1.86 bits per heavy atom. The average Bonchev–Trinajstić information content (AvgIpc) is 2.76. The molecule has 0 unspecified atom stereocenters. The topological polar surface area (TPSA) is 87.7 Å². The monoisotopic (exact) mass is 430 g/mol. The Morgan fingerprint density at radius 1 is 1.21 bits per heavy atom. The zero-order chi connectivity index (χ0) is 21.1. The molecule has 1 aromatic heterocycles. The van der Waals surface area contributed by atoms with Crippen LogP contribution in [0.3, 0.4) is 0 Å². The molecule has 152 valence electrons. The third kappa shape index (κ3) is 3.24. The fourth-order valence-corrected chi connectivity index (χ4v) is 3.81. The highest BCUT2D eigenvalue weighted by Gasteiger charge is 2.55. The lowest BCUT2D eigenvalue weighted by Crippen LogP contribution is -2.29. The summed E-state index contributed by atoms with van der Waals surface area (Å²) in [6.45, 7) is 0. The molecule has 0 saturated carbocycles. The molecule has 0 bridgehead atoms. The molecule has 1 aliphatic rings. The number of aliphatic hydroxyl groups excluding tert-OH is 1. The quantitative estimate of drug-likeness (QED) is 0.444. The van der Waals surface area contributed by atoms with Gasteiger partial charge in [-0.3, -0.25) is 5.21 Å². The Kier molecular flexibility index (Phi) is 4.50. The van der Waals surface area contributed by atoms with Gasteiger partial charge in [0.05, 0.1) is 4.90 Å². The molecule has 0 spiro atoms. The minimum Gasteiger partial charge on any atom is -0.450 e. The lowest BCUT2D eigenvalue weighted by atomic mass is 10.1. The van der Waals surface area contributed by atoms with E-state index >= 15 is 0 Å². The van der Waals surface area contributed by atoms with Crippen LogP contribution in [0.25, 0.3) is 0 Å². The summed E-state index contributed by atoms with van der Waals surface area (Å²) in [5.74, 6) is -5.90. The van der Waals surface area contributed by atoms with Crippen LogP contribution in [-0.2, 0) is 16.3 Å². The Balaban J connectivity index is 2.19. The van der Waals surface area contributed by atoms with E-state index < -0.39 is 67.1 Å². The molecule has 2 N–H and O–H groups in total. The van der Waals surface area contributed by atoms with Crippen LogP contribution >= 0.6 is 0 Å². The van der Waals surface area contributed by atoms with Crippen LogP contribution < -0.4 is 9.47 Å². The van der Waals surface area contributed by atoms with Crippen LogP contribution in [0.2, 0.25) is 0 Å². The van der Waals surface area contributed by atoms with Gasteiger partial charge in [0, 0.05) is 28.3 Å². The molecule has 0 fully saturated rings. The fourth-order valence-electron chi connectivity index (χ4n) is 2.79. The summed E-state index contributed by atoms with van der Waals surface area (Å²) < 4.78 is 109. The first-order valence-corrected chi connectivity index (χ1v) is 8.84. The molecule has 0 saturated heterocycles. The number of nitrogens with zero attached hydrogens (tertiary/aromatic N) is 1. The van der Waals surface area contributed by atoms with Crippen LogP contribution in [0, 0.1) is 5.82 Å². The van der Waals surface area contributed by atoms with Gasteiger partial charge < -0.3 is 9.84 Å². The Hall–Kier alpha value is -2.54. The van der Waals surface area contributed by atoms with E-state index in [0.717, 1.165) is 12.3 Å². The van der Waals surface area contributed by atoms with Gasteiger partial charge in [-0.15, -0.1) is 0 Å². The number of benzene rings is 1.